The van der Waals surface area contributed by atoms with Gasteiger partial charge < -0.3 is 5.32 Å². The van der Waals surface area contributed by atoms with E-state index in [-0.39, 0.29) is 12.5 Å². The Morgan fingerprint density at radius 2 is 2.20 bits per heavy atom. The first-order chi connectivity index (χ1) is 6.89. The van der Waals surface area contributed by atoms with Crippen molar-refractivity contribution in [2.75, 3.05) is 0 Å². The summed E-state index contributed by atoms with van der Waals surface area (Å²) in [5, 5.41) is 2.41. The molecule has 0 radical (unpaired) electrons. The minimum Gasteiger partial charge on any atom is -0.352 e. The number of nitrogens with one attached hydrogen (secondary N) is 1. The molecule has 1 aromatic rings. The number of aromatic nitrogens is 1. The van der Waals surface area contributed by atoms with Crippen molar-refractivity contribution in [2.45, 2.75) is 19.6 Å². The van der Waals surface area contributed by atoms with Crippen LogP contribution in [0.4, 0.5) is 13.2 Å². The molecule has 6 heteroatoms. The highest BCUT2D eigenvalue weighted by Crippen LogP contribution is 2.27. The van der Waals surface area contributed by atoms with Crippen molar-refractivity contribution >= 4 is 5.91 Å². The molecule has 1 amide bonds. The minimum atomic E-state index is -4.45. The van der Waals surface area contributed by atoms with Crippen molar-refractivity contribution in [2.24, 2.45) is 0 Å². The van der Waals surface area contributed by atoms with Crippen LogP contribution in [0.15, 0.2) is 18.3 Å². The van der Waals surface area contributed by atoms with Gasteiger partial charge in [-0.1, -0.05) is 0 Å². The Labute approximate surface area is 84.3 Å². The fourth-order valence-corrected chi connectivity index (χ4v) is 0.966. The van der Waals surface area contributed by atoms with Crippen molar-refractivity contribution in [3.05, 3.63) is 29.6 Å². The highest BCUT2D eigenvalue weighted by molar-refractivity contribution is 5.72. The summed E-state index contributed by atoms with van der Waals surface area (Å²) < 4.78 is 36.7. The molecule has 0 bridgehead atoms. The number of carbonyl (C=O) groups excluding carboxylic acids is 1. The van der Waals surface area contributed by atoms with E-state index >= 15 is 0 Å². The number of carbonyl (C=O) groups is 1. The van der Waals surface area contributed by atoms with Gasteiger partial charge in [-0.2, -0.15) is 13.2 Å². The lowest BCUT2D eigenvalue weighted by atomic mass is 10.2. The van der Waals surface area contributed by atoms with Crippen LogP contribution in [-0.4, -0.2) is 10.9 Å². The van der Waals surface area contributed by atoms with Gasteiger partial charge in [-0.25, -0.2) is 0 Å². The third-order valence-corrected chi connectivity index (χ3v) is 1.66. The molecule has 1 heterocycles. The first kappa shape index (κ1) is 11.5. The van der Waals surface area contributed by atoms with E-state index in [0.717, 1.165) is 12.3 Å². The standard InChI is InChI=1S/C9H9F3N2O/c1-6(15)14-5-7-2-3-13-8(4-7)9(10,11)12/h2-4H,5H2,1H3,(H,14,15). The van der Waals surface area contributed by atoms with E-state index in [0.29, 0.717) is 5.56 Å². The zero-order chi connectivity index (χ0) is 11.5. The number of pyridine rings is 1. The number of amides is 1. The van der Waals surface area contributed by atoms with Crippen LogP contribution in [0.2, 0.25) is 0 Å². The third-order valence-electron chi connectivity index (χ3n) is 1.66. The van der Waals surface area contributed by atoms with Gasteiger partial charge in [-0.3, -0.25) is 9.78 Å². The van der Waals surface area contributed by atoms with Crippen molar-refractivity contribution in [1.82, 2.24) is 10.3 Å². The molecule has 0 spiro atoms. The van der Waals surface area contributed by atoms with Gasteiger partial charge in [0.1, 0.15) is 5.69 Å². The van der Waals surface area contributed by atoms with Gasteiger partial charge in [0.25, 0.3) is 0 Å². The van der Waals surface area contributed by atoms with Gasteiger partial charge in [0.15, 0.2) is 0 Å². The Morgan fingerprint density at radius 1 is 1.53 bits per heavy atom. The summed E-state index contributed by atoms with van der Waals surface area (Å²) in [6, 6.07) is 2.33. The van der Waals surface area contributed by atoms with Crippen LogP contribution in [-0.2, 0) is 17.5 Å². The molecule has 15 heavy (non-hydrogen) atoms. The second kappa shape index (κ2) is 4.29. The first-order valence-corrected chi connectivity index (χ1v) is 4.16. The van der Waals surface area contributed by atoms with E-state index in [9.17, 15) is 18.0 Å². The Bertz CT molecular complexity index is 363. The maximum absolute atomic E-state index is 12.2. The summed E-state index contributed by atoms with van der Waals surface area (Å²) in [7, 11) is 0. The molecule has 1 aromatic heterocycles. The van der Waals surface area contributed by atoms with Crippen LogP contribution in [0.3, 0.4) is 0 Å². The van der Waals surface area contributed by atoms with E-state index in [2.05, 4.69) is 10.3 Å². The molecule has 3 nitrogen and oxygen atoms in total. The molecule has 0 saturated heterocycles. The van der Waals surface area contributed by atoms with Crippen molar-refractivity contribution < 1.29 is 18.0 Å². The van der Waals surface area contributed by atoms with Crippen molar-refractivity contribution in [3.8, 4) is 0 Å². The van der Waals surface area contributed by atoms with Gasteiger partial charge in [0, 0.05) is 19.7 Å². The molecule has 1 rings (SSSR count). The molecule has 82 valence electrons. The topological polar surface area (TPSA) is 42.0 Å². The van der Waals surface area contributed by atoms with E-state index in [1.165, 1.54) is 13.0 Å². The SMILES string of the molecule is CC(=O)NCc1ccnc(C(F)(F)F)c1. The van der Waals surface area contributed by atoms with Crippen LogP contribution in [0.1, 0.15) is 18.2 Å². The largest absolute Gasteiger partial charge is 0.433 e. The van der Waals surface area contributed by atoms with Gasteiger partial charge in [0.2, 0.25) is 5.91 Å². The lowest BCUT2D eigenvalue weighted by Crippen LogP contribution is -2.19. The number of halogens is 3. The summed E-state index contributed by atoms with van der Waals surface area (Å²) in [5.74, 6) is -0.291. The van der Waals surface area contributed by atoms with Gasteiger partial charge in [0.05, 0.1) is 0 Å². The maximum Gasteiger partial charge on any atom is 0.433 e. The normalized spacial score (nSPS) is 11.2. The molecule has 0 aliphatic rings. The first-order valence-electron chi connectivity index (χ1n) is 4.16. The van der Waals surface area contributed by atoms with Crippen LogP contribution in [0, 0.1) is 0 Å². The molecule has 1 N–H and O–H groups in total. The predicted octanol–water partition coefficient (Wildman–Crippen LogP) is 1.74. The third kappa shape index (κ3) is 3.57. The van der Waals surface area contributed by atoms with E-state index in [1.807, 2.05) is 0 Å². The van der Waals surface area contributed by atoms with Crippen LogP contribution in [0.25, 0.3) is 0 Å². The Kier molecular flexibility index (Phi) is 3.28. The fraction of sp³-hybridized carbons (Fsp3) is 0.333. The summed E-state index contributed by atoms with van der Waals surface area (Å²) >= 11 is 0. The maximum atomic E-state index is 12.2. The zero-order valence-corrected chi connectivity index (χ0v) is 7.93. The number of rotatable bonds is 2. The monoisotopic (exact) mass is 218 g/mol. The number of hydrogen-bond acceptors (Lipinski definition) is 2. The molecule has 0 saturated carbocycles. The molecular weight excluding hydrogens is 209 g/mol. The molecule has 0 aliphatic heterocycles. The van der Waals surface area contributed by atoms with E-state index in [1.54, 1.807) is 0 Å². The second-order valence-corrected chi connectivity index (χ2v) is 2.96. The Hall–Kier alpha value is -1.59. The predicted molar refractivity (Wildman–Crippen MR) is 46.8 cm³/mol. The molecule has 0 fully saturated rings. The van der Waals surface area contributed by atoms with Gasteiger partial charge in [-0.05, 0) is 17.7 Å². The van der Waals surface area contributed by atoms with Crippen LogP contribution < -0.4 is 5.32 Å². The molecule has 0 aromatic carbocycles. The van der Waals surface area contributed by atoms with Crippen molar-refractivity contribution in [1.29, 1.82) is 0 Å². The average molecular weight is 218 g/mol. The van der Waals surface area contributed by atoms with E-state index in [4.69, 9.17) is 0 Å². The number of hydrogen-bond donors (Lipinski definition) is 1. The average Bonchev–Trinajstić information content (AvgIpc) is 2.14. The number of alkyl halides is 3. The summed E-state index contributed by atoms with van der Waals surface area (Å²) in [4.78, 5) is 13.7. The molecule has 0 unspecified atom stereocenters. The van der Waals surface area contributed by atoms with Crippen LogP contribution >= 0.6 is 0 Å². The molecule has 0 atom stereocenters. The lowest BCUT2D eigenvalue weighted by molar-refractivity contribution is -0.141. The molecule has 0 aliphatic carbocycles. The Morgan fingerprint density at radius 3 is 2.73 bits per heavy atom. The van der Waals surface area contributed by atoms with Gasteiger partial charge in [-0.15, -0.1) is 0 Å². The zero-order valence-electron chi connectivity index (χ0n) is 7.93. The van der Waals surface area contributed by atoms with Crippen LogP contribution in [0.5, 0.6) is 0 Å². The quantitative estimate of drug-likeness (QED) is 0.821. The highest BCUT2D eigenvalue weighted by Gasteiger charge is 2.32. The fourth-order valence-electron chi connectivity index (χ4n) is 0.966. The molecular formula is C9H9F3N2O. The lowest BCUT2D eigenvalue weighted by Gasteiger charge is -2.07. The second-order valence-electron chi connectivity index (χ2n) is 2.96. The van der Waals surface area contributed by atoms with Gasteiger partial charge >= 0.3 is 6.18 Å². The summed E-state index contributed by atoms with van der Waals surface area (Å²) in [5.41, 5.74) is -0.585. The highest BCUT2D eigenvalue weighted by atomic mass is 19.4. The minimum absolute atomic E-state index is 0.0704. The van der Waals surface area contributed by atoms with Crippen molar-refractivity contribution in [3.63, 3.8) is 0 Å². The van der Waals surface area contributed by atoms with E-state index < -0.39 is 11.9 Å². The Balaban J connectivity index is 2.79. The smallest absolute Gasteiger partial charge is 0.352 e. The summed E-state index contributed by atoms with van der Waals surface area (Å²) in [6.07, 6.45) is -3.38. The number of nitrogens with zero attached hydrogens (tertiary/aromatic N) is 1. The summed E-state index contributed by atoms with van der Waals surface area (Å²) in [6.45, 7) is 1.37.